The highest BCUT2D eigenvalue weighted by molar-refractivity contribution is 6.16. The van der Waals surface area contributed by atoms with Crippen molar-refractivity contribution in [2.24, 2.45) is 7.05 Å². The zero-order chi connectivity index (χ0) is 14.1. The minimum atomic E-state index is 0.391. The van der Waals surface area contributed by atoms with Gasteiger partial charge in [0.1, 0.15) is 11.3 Å². The van der Waals surface area contributed by atoms with Crippen LogP contribution in [0.1, 0.15) is 17.1 Å². The summed E-state index contributed by atoms with van der Waals surface area (Å²) in [6, 6.07) is 3.97. The summed E-state index contributed by atoms with van der Waals surface area (Å²) in [4.78, 5) is 9.12. The number of alkyl halides is 1. The van der Waals surface area contributed by atoms with Crippen LogP contribution in [0.15, 0.2) is 24.5 Å². The lowest BCUT2D eigenvalue weighted by molar-refractivity contribution is 0.681. The van der Waals surface area contributed by atoms with Crippen molar-refractivity contribution >= 4 is 22.8 Å². The first-order chi connectivity index (χ1) is 9.67. The molecule has 6 heteroatoms. The van der Waals surface area contributed by atoms with E-state index in [1.54, 1.807) is 0 Å². The van der Waals surface area contributed by atoms with Crippen molar-refractivity contribution in [2.75, 3.05) is 0 Å². The average molecular weight is 290 g/mol. The highest BCUT2D eigenvalue weighted by Crippen LogP contribution is 2.17. The zero-order valence-electron chi connectivity index (χ0n) is 11.5. The van der Waals surface area contributed by atoms with Crippen molar-refractivity contribution in [3.05, 3.63) is 41.6 Å². The molecule has 0 atom stereocenters. The molecule has 3 aromatic rings. The lowest BCUT2D eigenvalue weighted by atomic mass is 10.2. The topological polar surface area (TPSA) is 48.5 Å². The van der Waals surface area contributed by atoms with Gasteiger partial charge in [0, 0.05) is 25.5 Å². The summed E-state index contributed by atoms with van der Waals surface area (Å²) in [5.74, 6) is 1.26. The zero-order valence-corrected chi connectivity index (χ0v) is 12.3. The quantitative estimate of drug-likeness (QED) is 0.693. The van der Waals surface area contributed by atoms with Crippen LogP contribution in [0.2, 0.25) is 0 Å². The van der Waals surface area contributed by atoms with Gasteiger partial charge in [-0.05, 0) is 31.0 Å². The van der Waals surface area contributed by atoms with Gasteiger partial charge in [-0.25, -0.2) is 9.97 Å². The van der Waals surface area contributed by atoms with Crippen LogP contribution in [0, 0.1) is 6.92 Å². The largest absolute Gasteiger partial charge is 0.311 e. The van der Waals surface area contributed by atoms with Gasteiger partial charge in [0.15, 0.2) is 5.65 Å². The van der Waals surface area contributed by atoms with Crippen LogP contribution >= 0.6 is 11.6 Å². The van der Waals surface area contributed by atoms with E-state index in [4.69, 9.17) is 11.6 Å². The molecule has 0 aliphatic rings. The van der Waals surface area contributed by atoms with Crippen LogP contribution in [-0.2, 0) is 25.9 Å². The van der Waals surface area contributed by atoms with Gasteiger partial charge in [-0.2, -0.15) is 5.10 Å². The molecular weight excluding hydrogens is 274 g/mol. The summed E-state index contributed by atoms with van der Waals surface area (Å²) in [6.45, 7) is 2.79. The van der Waals surface area contributed by atoms with Gasteiger partial charge < -0.3 is 4.57 Å². The maximum atomic E-state index is 6.00. The minimum Gasteiger partial charge on any atom is -0.311 e. The number of imidazole rings is 1. The second kappa shape index (κ2) is 5.25. The number of hydrogen-bond acceptors (Lipinski definition) is 3. The van der Waals surface area contributed by atoms with Crippen molar-refractivity contribution in [1.82, 2.24) is 24.3 Å². The van der Waals surface area contributed by atoms with Crippen molar-refractivity contribution in [2.45, 2.75) is 25.8 Å². The SMILES string of the molecule is Cc1ccc2nc(CCl)n(CCc3cnn(C)c3)c2n1. The molecule has 0 aliphatic heterocycles. The Bertz CT molecular complexity index is 743. The van der Waals surface area contributed by atoms with E-state index in [0.29, 0.717) is 5.88 Å². The van der Waals surface area contributed by atoms with E-state index in [2.05, 4.69) is 19.6 Å². The minimum absolute atomic E-state index is 0.391. The lowest BCUT2D eigenvalue weighted by Gasteiger charge is -2.06. The highest BCUT2D eigenvalue weighted by atomic mass is 35.5. The number of aromatic nitrogens is 5. The first-order valence-electron chi connectivity index (χ1n) is 6.53. The third-order valence-electron chi connectivity index (χ3n) is 3.31. The number of aryl methyl sites for hydroxylation is 4. The molecule has 0 saturated carbocycles. The molecule has 0 saturated heterocycles. The second-order valence-corrected chi connectivity index (χ2v) is 5.15. The smallest absolute Gasteiger partial charge is 0.160 e. The molecular formula is C14H16ClN5. The molecule has 0 aliphatic carbocycles. The van der Waals surface area contributed by atoms with E-state index < -0.39 is 0 Å². The summed E-state index contributed by atoms with van der Waals surface area (Å²) < 4.78 is 3.91. The van der Waals surface area contributed by atoms with E-state index in [1.807, 2.05) is 43.2 Å². The fraction of sp³-hybridized carbons (Fsp3) is 0.357. The predicted molar refractivity (Wildman–Crippen MR) is 78.7 cm³/mol. The molecule has 0 spiro atoms. The van der Waals surface area contributed by atoms with Crippen LogP contribution < -0.4 is 0 Å². The fourth-order valence-electron chi connectivity index (χ4n) is 2.32. The van der Waals surface area contributed by atoms with E-state index in [1.165, 1.54) is 5.56 Å². The van der Waals surface area contributed by atoms with Gasteiger partial charge in [0.2, 0.25) is 0 Å². The number of pyridine rings is 1. The van der Waals surface area contributed by atoms with Gasteiger partial charge in [-0.15, -0.1) is 11.6 Å². The van der Waals surface area contributed by atoms with E-state index in [-0.39, 0.29) is 0 Å². The Hall–Kier alpha value is -1.88. The molecule has 0 aromatic carbocycles. The first kappa shape index (κ1) is 13.1. The summed E-state index contributed by atoms with van der Waals surface area (Å²) in [5.41, 5.74) is 3.99. The molecule has 3 aromatic heterocycles. The molecule has 0 amide bonds. The van der Waals surface area contributed by atoms with Gasteiger partial charge >= 0.3 is 0 Å². The second-order valence-electron chi connectivity index (χ2n) is 4.88. The molecule has 0 unspecified atom stereocenters. The highest BCUT2D eigenvalue weighted by Gasteiger charge is 2.11. The summed E-state index contributed by atoms with van der Waals surface area (Å²) >= 11 is 6.00. The first-order valence-corrected chi connectivity index (χ1v) is 7.07. The van der Waals surface area contributed by atoms with E-state index >= 15 is 0 Å². The van der Waals surface area contributed by atoms with Crippen LogP contribution in [0.4, 0.5) is 0 Å². The molecule has 3 heterocycles. The van der Waals surface area contributed by atoms with E-state index in [9.17, 15) is 0 Å². The molecule has 0 fully saturated rings. The number of nitrogens with zero attached hydrogens (tertiary/aromatic N) is 5. The van der Waals surface area contributed by atoms with Gasteiger partial charge in [-0.1, -0.05) is 0 Å². The Morgan fingerprint density at radius 3 is 2.80 bits per heavy atom. The molecule has 20 heavy (non-hydrogen) atoms. The molecule has 104 valence electrons. The van der Waals surface area contributed by atoms with Crippen LogP contribution in [0.5, 0.6) is 0 Å². The summed E-state index contributed by atoms with van der Waals surface area (Å²) in [7, 11) is 1.92. The lowest BCUT2D eigenvalue weighted by Crippen LogP contribution is -2.06. The van der Waals surface area contributed by atoms with Crippen molar-refractivity contribution in [1.29, 1.82) is 0 Å². The van der Waals surface area contributed by atoms with Gasteiger partial charge in [-0.3, -0.25) is 4.68 Å². The molecule has 0 bridgehead atoms. The number of fused-ring (bicyclic) bond motifs is 1. The fourth-order valence-corrected chi connectivity index (χ4v) is 2.53. The number of hydrogen-bond donors (Lipinski definition) is 0. The predicted octanol–water partition coefficient (Wildman–Crippen LogP) is 2.45. The van der Waals surface area contributed by atoms with Crippen LogP contribution in [0.25, 0.3) is 11.2 Å². The van der Waals surface area contributed by atoms with Crippen molar-refractivity contribution in [3.8, 4) is 0 Å². The maximum absolute atomic E-state index is 6.00. The number of rotatable bonds is 4. The van der Waals surface area contributed by atoms with Crippen molar-refractivity contribution < 1.29 is 0 Å². The molecule has 0 N–H and O–H groups in total. The Balaban J connectivity index is 1.94. The van der Waals surface area contributed by atoms with E-state index in [0.717, 1.165) is 35.6 Å². The number of halogens is 1. The maximum Gasteiger partial charge on any atom is 0.160 e. The summed E-state index contributed by atoms with van der Waals surface area (Å²) in [5, 5.41) is 4.19. The molecule has 3 rings (SSSR count). The van der Waals surface area contributed by atoms with Gasteiger partial charge in [0.05, 0.1) is 12.1 Å². The Morgan fingerprint density at radius 2 is 2.10 bits per heavy atom. The Labute approximate surface area is 122 Å². The average Bonchev–Trinajstić information content (AvgIpc) is 2.99. The Morgan fingerprint density at radius 1 is 1.25 bits per heavy atom. The summed E-state index contributed by atoms with van der Waals surface area (Å²) in [6.07, 6.45) is 4.80. The molecule has 0 radical (unpaired) electrons. The van der Waals surface area contributed by atoms with Crippen LogP contribution in [-0.4, -0.2) is 24.3 Å². The molecule has 5 nitrogen and oxygen atoms in total. The van der Waals surface area contributed by atoms with Crippen LogP contribution in [0.3, 0.4) is 0 Å². The third-order valence-corrected chi connectivity index (χ3v) is 3.55. The Kier molecular flexibility index (Phi) is 3.44. The normalized spacial score (nSPS) is 11.3. The monoisotopic (exact) mass is 289 g/mol. The van der Waals surface area contributed by atoms with Gasteiger partial charge in [0.25, 0.3) is 0 Å². The standard InChI is InChI=1S/C14H16ClN5/c1-10-3-4-12-14(17-10)20(13(7-15)18-12)6-5-11-8-16-19(2)9-11/h3-4,8-9H,5-7H2,1-2H3. The van der Waals surface area contributed by atoms with Crippen molar-refractivity contribution in [3.63, 3.8) is 0 Å². The third kappa shape index (κ3) is 2.41.